The molecular formula is C20H17Cl2N3O2. The lowest BCUT2D eigenvalue weighted by molar-refractivity contribution is 0.0544. The normalized spacial score (nSPS) is 11.4. The van der Waals surface area contributed by atoms with Gasteiger partial charge in [-0.15, -0.1) is 0 Å². The Labute approximate surface area is 167 Å². The molecule has 2 aromatic heterocycles. The maximum absolute atomic E-state index is 12.5. The van der Waals surface area contributed by atoms with Crippen molar-refractivity contribution in [2.24, 2.45) is 0 Å². The van der Waals surface area contributed by atoms with Gasteiger partial charge in [0.15, 0.2) is 0 Å². The van der Waals surface area contributed by atoms with Crippen molar-refractivity contribution in [1.29, 1.82) is 5.26 Å². The highest BCUT2D eigenvalue weighted by Crippen LogP contribution is 2.28. The van der Waals surface area contributed by atoms with E-state index in [1.54, 1.807) is 18.3 Å². The van der Waals surface area contributed by atoms with Crippen molar-refractivity contribution < 1.29 is 9.53 Å². The van der Waals surface area contributed by atoms with E-state index in [0.29, 0.717) is 27.7 Å². The average Bonchev–Trinajstić information content (AvgIpc) is 2.97. The van der Waals surface area contributed by atoms with Gasteiger partial charge in [0.05, 0.1) is 10.5 Å². The first-order valence-electron chi connectivity index (χ1n) is 8.26. The molecule has 1 aromatic carbocycles. The fourth-order valence-corrected chi connectivity index (χ4v) is 3.26. The second-order valence-corrected chi connectivity index (χ2v) is 7.97. The molecule has 0 spiro atoms. The predicted octanol–water partition coefficient (Wildman–Crippen LogP) is 5.59. The van der Waals surface area contributed by atoms with Crippen LogP contribution in [-0.4, -0.2) is 21.2 Å². The molecule has 2 heterocycles. The Kier molecular flexibility index (Phi) is 5.14. The maximum atomic E-state index is 12.5. The molecule has 0 bridgehead atoms. The highest BCUT2D eigenvalue weighted by molar-refractivity contribution is 6.35. The molecule has 0 radical (unpaired) electrons. The third-order valence-corrected chi connectivity index (χ3v) is 4.28. The van der Waals surface area contributed by atoms with E-state index in [2.05, 4.69) is 4.98 Å². The fourth-order valence-electron chi connectivity index (χ4n) is 2.73. The van der Waals surface area contributed by atoms with Gasteiger partial charge >= 0.3 is 6.09 Å². The van der Waals surface area contributed by atoms with Crippen molar-refractivity contribution >= 4 is 40.2 Å². The predicted molar refractivity (Wildman–Crippen MR) is 105 cm³/mol. The van der Waals surface area contributed by atoms with Crippen LogP contribution in [0.4, 0.5) is 4.79 Å². The van der Waals surface area contributed by atoms with E-state index in [-0.39, 0.29) is 5.69 Å². The number of aromatic nitrogens is 2. The van der Waals surface area contributed by atoms with Gasteiger partial charge in [0, 0.05) is 28.7 Å². The van der Waals surface area contributed by atoms with Gasteiger partial charge in [-0.3, -0.25) is 4.57 Å². The van der Waals surface area contributed by atoms with Gasteiger partial charge in [0.25, 0.3) is 0 Å². The molecule has 7 heteroatoms. The third-order valence-electron chi connectivity index (χ3n) is 3.75. The molecule has 0 saturated heterocycles. The summed E-state index contributed by atoms with van der Waals surface area (Å²) in [7, 11) is 0. The van der Waals surface area contributed by atoms with E-state index in [0.717, 1.165) is 10.9 Å². The molecule has 0 amide bonds. The first-order chi connectivity index (χ1) is 12.7. The lowest BCUT2D eigenvalue weighted by atomic mass is 10.1. The van der Waals surface area contributed by atoms with Crippen LogP contribution in [0.5, 0.6) is 0 Å². The lowest BCUT2D eigenvalue weighted by Gasteiger charge is -2.20. The lowest BCUT2D eigenvalue weighted by Crippen LogP contribution is -2.26. The number of carbonyl (C=O) groups excluding carboxylic acids is 1. The highest BCUT2D eigenvalue weighted by atomic mass is 35.5. The molecule has 27 heavy (non-hydrogen) atoms. The SMILES string of the molecule is CC(C)(C)OC(=O)n1ccc2c(Cl)cc(Cc3cc(Cl)cc(C#N)n3)cc21. The molecule has 3 aromatic rings. The first-order valence-corrected chi connectivity index (χ1v) is 9.01. The Morgan fingerprint density at radius 3 is 2.67 bits per heavy atom. The molecule has 5 nitrogen and oxygen atoms in total. The zero-order valence-corrected chi connectivity index (χ0v) is 16.6. The summed E-state index contributed by atoms with van der Waals surface area (Å²) in [6.45, 7) is 5.44. The van der Waals surface area contributed by atoms with Gasteiger partial charge in [-0.05, 0) is 56.7 Å². The number of nitriles is 1. The summed E-state index contributed by atoms with van der Waals surface area (Å²) in [6, 6.07) is 10.7. The summed E-state index contributed by atoms with van der Waals surface area (Å²) in [5.41, 5.74) is 1.78. The standard InChI is InChI=1S/C20H17Cl2N3O2/c1-20(2,3)27-19(26)25-5-4-16-17(22)7-12(8-18(16)25)6-14-9-13(21)10-15(11-23)24-14/h4-5,7-10H,6H2,1-3H3. The maximum Gasteiger partial charge on any atom is 0.418 e. The number of pyridine rings is 1. The molecule has 0 aliphatic carbocycles. The van der Waals surface area contributed by atoms with Crippen molar-refractivity contribution in [3.05, 3.63) is 63.5 Å². The van der Waals surface area contributed by atoms with E-state index in [1.807, 2.05) is 39.0 Å². The molecule has 0 fully saturated rings. The summed E-state index contributed by atoms with van der Waals surface area (Å²) in [6.07, 6.45) is 1.59. The average molecular weight is 402 g/mol. The van der Waals surface area contributed by atoms with Crippen LogP contribution < -0.4 is 0 Å². The summed E-state index contributed by atoms with van der Waals surface area (Å²) in [5.74, 6) is 0. The molecule has 0 N–H and O–H groups in total. The largest absolute Gasteiger partial charge is 0.443 e. The van der Waals surface area contributed by atoms with E-state index >= 15 is 0 Å². The van der Waals surface area contributed by atoms with Crippen molar-refractivity contribution in [1.82, 2.24) is 9.55 Å². The van der Waals surface area contributed by atoms with E-state index in [4.69, 9.17) is 33.2 Å². The molecule has 3 rings (SSSR count). The fraction of sp³-hybridized carbons (Fsp3) is 0.250. The smallest absolute Gasteiger partial charge is 0.418 e. The third kappa shape index (κ3) is 4.41. The summed E-state index contributed by atoms with van der Waals surface area (Å²) in [5, 5.41) is 10.8. The number of ether oxygens (including phenoxy) is 1. The van der Waals surface area contributed by atoms with Crippen molar-refractivity contribution in [2.45, 2.75) is 32.8 Å². The van der Waals surface area contributed by atoms with E-state index < -0.39 is 11.7 Å². The number of benzene rings is 1. The van der Waals surface area contributed by atoms with Gasteiger partial charge in [-0.2, -0.15) is 5.26 Å². The van der Waals surface area contributed by atoms with Gasteiger partial charge in [-0.1, -0.05) is 23.2 Å². The molecule has 0 saturated carbocycles. The second kappa shape index (κ2) is 7.22. The molecular weight excluding hydrogens is 385 g/mol. The van der Waals surface area contributed by atoms with Crippen LogP contribution in [-0.2, 0) is 11.2 Å². The summed E-state index contributed by atoms with van der Waals surface area (Å²) in [4.78, 5) is 16.7. The first kappa shape index (κ1) is 19.2. The number of nitrogens with zero attached hydrogens (tertiary/aromatic N) is 3. The second-order valence-electron chi connectivity index (χ2n) is 7.13. The highest BCUT2D eigenvalue weighted by Gasteiger charge is 2.20. The van der Waals surface area contributed by atoms with E-state index in [9.17, 15) is 4.79 Å². The topological polar surface area (TPSA) is 67.9 Å². The number of fused-ring (bicyclic) bond motifs is 1. The number of hydrogen-bond donors (Lipinski definition) is 0. The molecule has 138 valence electrons. The monoisotopic (exact) mass is 401 g/mol. The minimum Gasteiger partial charge on any atom is -0.443 e. The number of carbonyl (C=O) groups is 1. The van der Waals surface area contributed by atoms with Crippen LogP contribution in [0.25, 0.3) is 10.9 Å². The van der Waals surface area contributed by atoms with Crippen LogP contribution in [0.15, 0.2) is 36.5 Å². The van der Waals surface area contributed by atoms with Crippen LogP contribution in [0.1, 0.15) is 37.7 Å². The van der Waals surface area contributed by atoms with E-state index in [1.165, 1.54) is 10.6 Å². The van der Waals surface area contributed by atoms with Crippen LogP contribution in [0.2, 0.25) is 10.0 Å². The molecule has 0 unspecified atom stereocenters. The van der Waals surface area contributed by atoms with Gasteiger partial charge in [0.2, 0.25) is 0 Å². The summed E-state index contributed by atoms with van der Waals surface area (Å²) < 4.78 is 6.88. The van der Waals surface area contributed by atoms with Crippen LogP contribution >= 0.6 is 23.2 Å². The Hall–Kier alpha value is -2.55. The Balaban J connectivity index is 2.01. The Morgan fingerprint density at radius 1 is 1.26 bits per heavy atom. The van der Waals surface area contributed by atoms with Crippen LogP contribution in [0.3, 0.4) is 0 Å². The minimum atomic E-state index is -0.604. The molecule has 0 aliphatic rings. The van der Waals surface area contributed by atoms with Gasteiger partial charge < -0.3 is 4.74 Å². The number of hydrogen-bond acceptors (Lipinski definition) is 4. The molecule has 0 aliphatic heterocycles. The minimum absolute atomic E-state index is 0.252. The van der Waals surface area contributed by atoms with Crippen molar-refractivity contribution in [3.8, 4) is 6.07 Å². The van der Waals surface area contributed by atoms with Crippen LogP contribution in [0, 0.1) is 11.3 Å². The Bertz CT molecular complexity index is 1080. The quantitative estimate of drug-likeness (QED) is 0.561. The van der Waals surface area contributed by atoms with Gasteiger partial charge in [-0.25, -0.2) is 9.78 Å². The zero-order chi connectivity index (χ0) is 19.8. The molecule has 0 atom stereocenters. The zero-order valence-electron chi connectivity index (χ0n) is 15.1. The van der Waals surface area contributed by atoms with Crippen molar-refractivity contribution in [3.63, 3.8) is 0 Å². The summed E-state index contributed by atoms with van der Waals surface area (Å²) >= 11 is 12.5. The number of rotatable bonds is 2. The number of halogens is 2. The Morgan fingerprint density at radius 2 is 2.00 bits per heavy atom. The van der Waals surface area contributed by atoms with Gasteiger partial charge in [0.1, 0.15) is 17.4 Å². The van der Waals surface area contributed by atoms with Crippen molar-refractivity contribution in [2.75, 3.05) is 0 Å².